The number of aliphatic carboxylic acids is 1. The number of carboxylic acids is 1. The van der Waals surface area contributed by atoms with Crippen LogP contribution in [0, 0.1) is 33.5 Å². The molecule has 2 bridgehead atoms. The molecule has 4 aliphatic rings. The maximum atomic E-state index is 12.1. The molecular formula is C20H32O3. The lowest BCUT2D eigenvalue weighted by atomic mass is 9.40. The standard InChI is InChI=1S/C20H32O3/c1-17-9-5-14-18(2)7-4-8-19(3,16(22)23)13(18)6-10-20(14,12-17)11-15(17)21/h13-15,21H,4-12H2,1-3H3,(H,22,23)/t13-,14-,15-,17-,18+,19+,20-/m0/s1. The smallest absolute Gasteiger partial charge is 0.309 e. The van der Waals surface area contributed by atoms with Crippen molar-refractivity contribution in [2.45, 2.75) is 84.7 Å². The minimum atomic E-state index is -0.587. The zero-order valence-electron chi connectivity index (χ0n) is 14.9. The molecule has 130 valence electrons. The number of fused-ring (bicyclic) bond motifs is 3. The van der Waals surface area contributed by atoms with E-state index in [1.807, 2.05) is 6.92 Å². The van der Waals surface area contributed by atoms with Gasteiger partial charge in [-0.05, 0) is 86.4 Å². The van der Waals surface area contributed by atoms with Crippen LogP contribution in [0.1, 0.15) is 78.6 Å². The molecule has 0 aliphatic heterocycles. The first-order valence-corrected chi connectivity index (χ1v) is 9.58. The number of rotatable bonds is 1. The Morgan fingerprint density at radius 2 is 1.70 bits per heavy atom. The average molecular weight is 320 g/mol. The van der Waals surface area contributed by atoms with Crippen LogP contribution in [0.5, 0.6) is 0 Å². The lowest BCUT2D eigenvalue weighted by molar-refractivity contribution is -0.182. The van der Waals surface area contributed by atoms with Crippen LogP contribution in [0.3, 0.4) is 0 Å². The summed E-state index contributed by atoms with van der Waals surface area (Å²) in [6.45, 7) is 6.68. The van der Waals surface area contributed by atoms with Crippen molar-refractivity contribution < 1.29 is 15.0 Å². The zero-order chi connectivity index (χ0) is 16.7. The van der Waals surface area contributed by atoms with Crippen LogP contribution < -0.4 is 0 Å². The number of hydrogen-bond acceptors (Lipinski definition) is 2. The Kier molecular flexibility index (Phi) is 3.14. The van der Waals surface area contributed by atoms with Crippen molar-refractivity contribution in [1.29, 1.82) is 0 Å². The second-order valence-corrected chi connectivity index (χ2v) is 10.2. The summed E-state index contributed by atoms with van der Waals surface area (Å²) in [4.78, 5) is 12.1. The monoisotopic (exact) mass is 320 g/mol. The van der Waals surface area contributed by atoms with Gasteiger partial charge in [0, 0.05) is 0 Å². The first kappa shape index (κ1) is 15.9. The molecule has 0 amide bonds. The van der Waals surface area contributed by atoms with Gasteiger partial charge in [0.05, 0.1) is 11.5 Å². The number of aliphatic hydroxyl groups excluding tert-OH is 1. The maximum absolute atomic E-state index is 12.1. The van der Waals surface area contributed by atoms with Crippen molar-refractivity contribution in [3.8, 4) is 0 Å². The summed E-state index contributed by atoms with van der Waals surface area (Å²) in [6.07, 6.45) is 9.51. The van der Waals surface area contributed by atoms with E-state index in [-0.39, 0.29) is 22.3 Å². The molecule has 4 saturated carbocycles. The van der Waals surface area contributed by atoms with Crippen molar-refractivity contribution in [3.63, 3.8) is 0 Å². The van der Waals surface area contributed by atoms with E-state index in [4.69, 9.17) is 0 Å². The normalized spacial score (nSPS) is 58.3. The van der Waals surface area contributed by atoms with Gasteiger partial charge in [0.2, 0.25) is 0 Å². The Hall–Kier alpha value is -0.570. The van der Waals surface area contributed by atoms with E-state index in [0.717, 1.165) is 44.9 Å². The summed E-state index contributed by atoms with van der Waals surface area (Å²) in [5.74, 6) is 0.327. The van der Waals surface area contributed by atoms with Gasteiger partial charge < -0.3 is 10.2 Å². The quantitative estimate of drug-likeness (QED) is 0.760. The van der Waals surface area contributed by atoms with Gasteiger partial charge in [0.15, 0.2) is 0 Å². The predicted octanol–water partition coefficient (Wildman–Crippen LogP) is 4.23. The SMILES string of the molecule is C[C@@]12CC[C@@H]3[C@@](CC[C@H]4[C@@]3(C)CCC[C@@]4(C)C(=O)O)(C[C@@H]1O)C2. The molecule has 0 saturated heterocycles. The van der Waals surface area contributed by atoms with Gasteiger partial charge in [-0.1, -0.05) is 20.3 Å². The Balaban J connectivity index is 1.74. The van der Waals surface area contributed by atoms with Gasteiger partial charge in [0.25, 0.3) is 0 Å². The third-order valence-corrected chi connectivity index (χ3v) is 9.10. The molecule has 0 aromatic rings. The van der Waals surface area contributed by atoms with E-state index < -0.39 is 11.4 Å². The van der Waals surface area contributed by atoms with Gasteiger partial charge in [-0.3, -0.25) is 4.79 Å². The molecule has 0 heterocycles. The highest BCUT2D eigenvalue weighted by atomic mass is 16.4. The molecule has 4 rings (SSSR count). The van der Waals surface area contributed by atoms with Gasteiger partial charge in [-0.15, -0.1) is 0 Å². The molecule has 3 nitrogen and oxygen atoms in total. The number of carboxylic acid groups (broad SMARTS) is 1. The largest absolute Gasteiger partial charge is 0.481 e. The second kappa shape index (κ2) is 4.53. The van der Waals surface area contributed by atoms with Gasteiger partial charge >= 0.3 is 5.97 Å². The molecule has 0 aromatic heterocycles. The van der Waals surface area contributed by atoms with E-state index in [2.05, 4.69) is 13.8 Å². The fourth-order valence-corrected chi connectivity index (χ4v) is 7.99. The molecule has 0 radical (unpaired) electrons. The lowest BCUT2D eigenvalue weighted by Crippen LogP contribution is -2.58. The van der Waals surface area contributed by atoms with Crippen LogP contribution in [0.4, 0.5) is 0 Å². The van der Waals surface area contributed by atoms with Crippen molar-refractivity contribution in [2.75, 3.05) is 0 Å². The highest BCUT2D eigenvalue weighted by molar-refractivity contribution is 5.75. The third-order valence-electron chi connectivity index (χ3n) is 9.10. The second-order valence-electron chi connectivity index (χ2n) is 10.2. The van der Waals surface area contributed by atoms with Crippen molar-refractivity contribution in [2.24, 2.45) is 33.5 Å². The van der Waals surface area contributed by atoms with E-state index in [0.29, 0.717) is 11.8 Å². The van der Waals surface area contributed by atoms with Gasteiger partial charge in [-0.25, -0.2) is 0 Å². The number of aliphatic hydroxyl groups is 1. The maximum Gasteiger partial charge on any atom is 0.309 e. The topological polar surface area (TPSA) is 57.5 Å². The molecule has 0 unspecified atom stereocenters. The summed E-state index contributed by atoms with van der Waals surface area (Å²) in [7, 11) is 0. The van der Waals surface area contributed by atoms with Crippen molar-refractivity contribution in [1.82, 2.24) is 0 Å². The van der Waals surface area contributed by atoms with Crippen LogP contribution in [-0.2, 0) is 4.79 Å². The Morgan fingerprint density at radius 3 is 2.39 bits per heavy atom. The predicted molar refractivity (Wildman–Crippen MR) is 88.9 cm³/mol. The van der Waals surface area contributed by atoms with Crippen molar-refractivity contribution >= 4 is 5.97 Å². The van der Waals surface area contributed by atoms with Crippen LogP contribution in [-0.4, -0.2) is 22.3 Å². The molecule has 2 N–H and O–H groups in total. The van der Waals surface area contributed by atoms with E-state index >= 15 is 0 Å². The summed E-state index contributed by atoms with van der Waals surface area (Å²) >= 11 is 0. The summed E-state index contributed by atoms with van der Waals surface area (Å²) < 4.78 is 0. The lowest BCUT2D eigenvalue weighted by Gasteiger charge is -2.63. The minimum Gasteiger partial charge on any atom is -0.481 e. The fraction of sp³-hybridized carbons (Fsp3) is 0.950. The zero-order valence-corrected chi connectivity index (χ0v) is 14.9. The minimum absolute atomic E-state index is 0.116. The Bertz CT molecular complexity index is 545. The summed E-state index contributed by atoms with van der Waals surface area (Å²) in [5, 5.41) is 20.6. The first-order valence-electron chi connectivity index (χ1n) is 9.58. The van der Waals surface area contributed by atoms with E-state index in [9.17, 15) is 15.0 Å². The number of carbonyl (C=O) groups is 1. The first-order chi connectivity index (χ1) is 10.7. The highest BCUT2D eigenvalue weighted by Crippen LogP contribution is 2.73. The molecule has 4 aliphatic carbocycles. The molecular weight excluding hydrogens is 288 g/mol. The highest BCUT2D eigenvalue weighted by Gasteiger charge is 2.67. The summed E-state index contributed by atoms with van der Waals surface area (Å²) in [5.41, 5.74) is 0.000491. The van der Waals surface area contributed by atoms with Gasteiger partial charge in [0.1, 0.15) is 0 Å². The molecule has 0 aromatic carbocycles. The third kappa shape index (κ3) is 1.83. The van der Waals surface area contributed by atoms with Crippen LogP contribution in [0.25, 0.3) is 0 Å². The molecule has 1 spiro atoms. The molecule has 23 heavy (non-hydrogen) atoms. The Morgan fingerprint density at radius 1 is 1.00 bits per heavy atom. The molecule has 7 atom stereocenters. The van der Waals surface area contributed by atoms with Gasteiger partial charge in [-0.2, -0.15) is 0 Å². The molecule has 3 heteroatoms. The average Bonchev–Trinajstić information content (AvgIpc) is 2.63. The number of hydrogen-bond donors (Lipinski definition) is 2. The van der Waals surface area contributed by atoms with E-state index in [1.54, 1.807) is 0 Å². The molecule has 4 fully saturated rings. The Labute approximate surface area is 139 Å². The fourth-order valence-electron chi connectivity index (χ4n) is 7.99. The summed E-state index contributed by atoms with van der Waals surface area (Å²) in [6, 6.07) is 0. The van der Waals surface area contributed by atoms with E-state index in [1.165, 1.54) is 12.8 Å². The van der Waals surface area contributed by atoms with Crippen LogP contribution in [0.15, 0.2) is 0 Å². The van der Waals surface area contributed by atoms with Crippen LogP contribution >= 0.6 is 0 Å². The van der Waals surface area contributed by atoms with Crippen LogP contribution in [0.2, 0.25) is 0 Å². The van der Waals surface area contributed by atoms with Crippen molar-refractivity contribution in [3.05, 3.63) is 0 Å².